The van der Waals surface area contributed by atoms with E-state index in [1.807, 2.05) is 25.3 Å². The topological polar surface area (TPSA) is 55.4 Å². The van der Waals surface area contributed by atoms with Gasteiger partial charge in [-0.1, -0.05) is 17.7 Å². The van der Waals surface area contributed by atoms with Crippen LogP contribution in [0.25, 0.3) is 0 Å². The van der Waals surface area contributed by atoms with Gasteiger partial charge in [0.05, 0.1) is 5.56 Å². The number of halogens is 1. The van der Waals surface area contributed by atoms with Crippen LogP contribution in [0.2, 0.25) is 5.02 Å². The monoisotopic (exact) mass is 363 g/mol. The van der Waals surface area contributed by atoms with Crippen LogP contribution in [0.5, 0.6) is 0 Å². The van der Waals surface area contributed by atoms with Gasteiger partial charge in [-0.15, -0.1) is 11.8 Å². The number of hydrogen-bond acceptors (Lipinski definition) is 4. The fraction of sp³-hybridized carbons (Fsp3) is 0.222. The van der Waals surface area contributed by atoms with Crippen LogP contribution in [-0.2, 0) is 9.53 Å². The lowest BCUT2D eigenvalue weighted by atomic mass is 10.2. The van der Waals surface area contributed by atoms with Gasteiger partial charge in [0.1, 0.15) is 0 Å². The maximum absolute atomic E-state index is 12.2. The minimum Gasteiger partial charge on any atom is -0.449 e. The molecule has 0 aliphatic rings. The Balaban J connectivity index is 2.00. The van der Waals surface area contributed by atoms with Gasteiger partial charge in [0.25, 0.3) is 5.91 Å². The number of ether oxygens (including phenoxy) is 1. The first-order valence-electron chi connectivity index (χ1n) is 7.33. The third kappa shape index (κ3) is 4.52. The molecule has 1 atom stereocenters. The van der Waals surface area contributed by atoms with Gasteiger partial charge in [0, 0.05) is 15.6 Å². The number of anilines is 1. The van der Waals surface area contributed by atoms with Crippen LogP contribution < -0.4 is 5.32 Å². The zero-order chi connectivity index (χ0) is 17.7. The average molecular weight is 364 g/mol. The number of thioether (sulfide) groups is 1. The first-order valence-corrected chi connectivity index (χ1v) is 8.93. The molecule has 0 bridgehead atoms. The van der Waals surface area contributed by atoms with E-state index in [2.05, 4.69) is 5.32 Å². The van der Waals surface area contributed by atoms with E-state index in [-0.39, 0.29) is 0 Å². The minimum atomic E-state index is -0.920. The van der Waals surface area contributed by atoms with Crippen LogP contribution >= 0.6 is 23.4 Å². The van der Waals surface area contributed by atoms with E-state index in [1.54, 1.807) is 42.1 Å². The summed E-state index contributed by atoms with van der Waals surface area (Å²) < 4.78 is 5.22. The molecule has 24 heavy (non-hydrogen) atoms. The van der Waals surface area contributed by atoms with Crippen LogP contribution in [0.4, 0.5) is 5.69 Å². The van der Waals surface area contributed by atoms with Gasteiger partial charge in [-0.3, -0.25) is 4.79 Å². The van der Waals surface area contributed by atoms with Gasteiger partial charge >= 0.3 is 5.97 Å². The molecule has 0 radical (unpaired) electrons. The molecule has 0 saturated heterocycles. The zero-order valence-electron chi connectivity index (χ0n) is 13.6. The molecule has 126 valence electrons. The molecule has 2 aromatic rings. The van der Waals surface area contributed by atoms with Crippen molar-refractivity contribution < 1.29 is 14.3 Å². The van der Waals surface area contributed by atoms with Crippen molar-refractivity contribution in [3.05, 3.63) is 58.6 Å². The molecule has 6 heteroatoms. The quantitative estimate of drug-likeness (QED) is 0.625. The average Bonchev–Trinajstić information content (AvgIpc) is 2.58. The Labute approximate surface area is 150 Å². The predicted octanol–water partition coefficient (Wildman–Crippen LogP) is 4.55. The van der Waals surface area contributed by atoms with Crippen molar-refractivity contribution in [1.82, 2.24) is 0 Å². The molecule has 0 saturated carbocycles. The number of hydrogen-bond donors (Lipinski definition) is 1. The lowest BCUT2D eigenvalue weighted by molar-refractivity contribution is -0.123. The lowest BCUT2D eigenvalue weighted by Gasteiger charge is -2.15. The lowest BCUT2D eigenvalue weighted by Crippen LogP contribution is -2.30. The second-order valence-electron chi connectivity index (χ2n) is 5.18. The smallest absolute Gasteiger partial charge is 0.338 e. The largest absolute Gasteiger partial charge is 0.449 e. The Morgan fingerprint density at radius 3 is 2.46 bits per heavy atom. The summed E-state index contributed by atoms with van der Waals surface area (Å²) in [6, 6.07) is 12.3. The highest BCUT2D eigenvalue weighted by molar-refractivity contribution is 7.98. The van der Waals surface area contributed by atoms with Crippen molar-refractivity contribution in [2.45, 2.75) is 24.8 Å². The van der Waals surface area contributed by atoms with Crippen molar-refractivity contribution in [1.29, 1.82) is 0 Å². The number of benzene rings is 2. The highest BCUT2D eigenvalue weighted by atomic mass is 35.5. The summed E-state index contributed by atoms with van der Waals surface area (Å²) in [7, 11) is 0. The Kier molecular flexibility index (Phi) is 6.29. The Morgan fingerprint density at radius 2 is 1.83 bits per heavy atom. The molecular weight excluding hydrogens is 346 g/mol. The molecule has 1 amide bonds. The molecule has 2 rings (SSSR count). The van der Waals surface area contributed by atoms with E-state index >= 15 is 0 Å². The van der Waals surface area contributed by atoms with Gasteiger partial charge in [0.15, 0.2) is 6.10 Å². The number of carbonyl (C=O) groups is 2. The molecular formula is C18H18ClNO3S. The summed E-state index contributed by atoms with van der Waals surface area (Å²) in [5.74, 6) is -0.942. The fourth-order valence-corrected chi connectivity index (χ4v) is 2.57. The number of amides is 1. The summed E-state index contributed by atoms with van der Waals surface area (Å²) in [5, 5.41) is 3.28. The summed E-state index contributed by atoms with van der Waals surface area (Å²) in [4.78, 5) is 25.4. The Bertz CT molecular complexity index is 746. The van der Waals surface area contributed by atoms with E-state index in [0.29, 0.717) is 16.3 Å². The van der Waals surface area contributed by atoms with Gasteiger partial charge in [-0.25, -0.2) is 4.79 Å². The summed E-state index contributed by atoms with van der Waals surface area (Å²) in [6.45, 7) is 3.34. The summed E-state index contributed by atoms with van der Waals surface area (Å²) >= 11 is 7.61. The minimum absolute atomic E-state index is 0.408. The molecule has 0 aliphatic heterocycles. The van der Waals surface area contributed by atoms with Crippen LogP contribution in [-0.4, -0.2) is 24.2 Å². The Hall–Kier alpha value is -1.98. The molecule has 1 N–H and O–H groups in total. The molecule has 0 fully saturated rings. The van der Waals surface area contributed by atoms with E-state index in [9.17, 15) is 9.59 Å². The molecule has 0 unspecified atom stereocenters. The first kappa shape index (κ1) is 18.4. The van der Waals surface area contributed by atoms with Crippen LogP contribution in [0, 0.1) is 6.92 Å². The van der Waals surface area contributed by atoms with Crippen molar-refractivity contribution in [2.24, 2.45) is 0 Å². The maximum atomic E-state index is 12.2. The molecule has 2 aromatic carbocycles. The van der Waals surface area contributed by atoms with E-state index in [1.165, 1.54) is 6.92 Å². The van der Waals surface area contributed by atoms with Crippen molar-refractivity contribution in [3.8, 4) is 0 Å². The maximum Gasteiger partial charge on any atom is 0.338 e. The number of rotatable bonds is 5. The van der Waals surface area contributed by atoms with Gasteiger partial charge in [0.2, 0.25) is 0 Å². The Morgan fingerprint density at radius 1 is 1.17 bits per heavy atom. The zero-order valence-corrected chi connectivity index (χ0v) is 15.2. The van der Waals surface area contributed by atoms with Gasteiger partial charge in [-0.2, -0.15) is 0 Å². The highest BCUT2D eigenvalue weighted by Gasteiger charge is 2.19. The summed E-state index contributed by atoms with van der Waals surface area (Å²) in [5.41, 5.74) is 1.77. The predicted molar refractivity (Wildman–Crippen MR) is 97.9 cm³/mol. The fourth-order valence-electron chi connectivity index (χ4n) is 1.99. The van der Waals surface area contributed by atoms with Crippen LogP contribution in [0.15, 0.2) is 47.4 Å². The number of esters is 1. The molecule has 4 nitrogen and oxygen atoms in total. The normalized spacial score (nSPS) is 11.7. The first-order chi connectivity index (χ1) is 11.4. The van der Waals surface area contributed by atoms with Gasteiger partial charge in [-0.05, 0) is 62.1 Å². The van der Waals surface area contributed by atoms with Crippen LogP contribution in [0.1, 0.15) is 22.8 Å². The van der Waals surface area contributed by atoms with Crippen molar-refractivity contribution in [2.75, 3.05) is 11.6 Å². The van der Waals surface area contributed by atoms with E-state index in [0.717, 1.165) is 10.5 Å². The van der Waals surface area contributed by atoms with Crippen LogP contribution in [0.3, 0.4) is 0 Å². The SMILES string of the molecule is CSc1ccc(C(=O)O[C@@H](C)C(=O)Nc2cccc(Cl)c2C)cc1. The van der Waals surface area contributed by atoms with Crippen molar-refractivity contribution >= 4 is 40.9 Å². The standard InChI is InChI=1S/C18H18ClNO3S/c1-11-15(19)5-4-6-16(11)20-17(21)12(2)23-18(22)13-7-9-14(24-3)10-8-13/h4-10,12H,1-3H3,(H,20,21)/t12-/m0/s1. The summed E-state index contributed by atoms with van der Waals surface area (Å²) in [6.07, 6.45) is 1.04. The van der Waals surface area contributed by atoms with E-state index < -0.39 is 18.0 Å². The second kappa shape index (κ2) is 8.22. The van der Waals surface area contributed by atoms with Crippen molar-refractivity contribution in [3.63, 3.8) is 0 Å². The second-order valence-corrected chi connectivity index (χ2v) is 6.46. The third-order valence-electron chi connectivity index (χ3n) is 3.50. The highest BCUT2D eigenvalue weighted by Crippen LogP contribution is 2.23. The number of carbonyl (C=O) groups excluding carboxylic acids is 2. The molecule has 0 spiro atoms. The molecule has 0 aliphatic carbocycles. The van der Waals surface area contributed by atoms with Gasteiger partial charge < -0.3 is 10.1 Å². The number of nitrogens with one attached hydrogen (secondary N) is 1. The van der Waals surface area contributed by atoms with E-state index in [4.69, 9.17) is 16.3 Å². The molecule has 0 heterocycles. The third-order valence-corrected chi connectivity index (χ3v) is 4.66. The molecule has 0 aromatic heterocycles.